The predicted molar refractivity (Wildman–Crippen MR) is 266 cm³/mol. The number of aryl methyl sites for hydroxylation is 1. The van der Waals surface area contributed by atoms with Gasteiger partial charge in [-0.15, -0.1) is 0 Å². The van der Waals surface area contributed by atoms with E-state index in [0.717, 1.165) is 152 Å². The van der Waals surface area contributed by atoms with Crippen molar-refractivity contribution in [2.24, 2.45) is 5.92 Å². The van der Waals surface area contributed by atoms with Crippen molar-refractivity contribution >= 4 is 40.7 Å². The molecule has 7 heterocycles. The molecule has 0 unspecified atom stereocenters. The number of amides is 1. The molecule has 4 fully saturated rings. The number of ether oxygens (including phenoxy) is 2. The molecule has 3 N–H and O–H groups in total. The zero-order valence-electron chi connectivity index (χ0n) is 39.8. The Hall–Kier alpha value is -5.80. The second-order valence-corrected chi connectivity index (χ2v) is 19.4. The lowest BCUT2D eigenvalue weighted by molar-refractivity contribution is 0.0893. The lowest BCUT2D eigenvalue weighted by Gasteiger charge is -2.38. The van der Waals surface area contributed by atoms with Gasteiger partial charge < -0.3 is 39.9 Å². The van der Waals surface area contributed by atoms with Gasteiger partial charge in [0.2, 0.25) is 11.8 Å². The fraction of sp³-hybridized carbons (Fsp3) is 0.549. The molecule has 1 amide bonds. The molecule has 0 bridgehead atoms. The maximum absolute atomic E-state index is 13.1. The van der Waals surface area contributed by atoms with Crippen molar-refractivity contribution in [3.05, 3.63) is 88.5 Å². The van der Waals surface area contributed by atoms with Crippen molar-refractivity contribution < 1.29 is 19.4 Å². The summed E-state index contributed by atoms with van der Waals surface area (Å²) in [5.74, 6) is 4.29. The third-order valence-electron chi connectivity index (χ3n) is 14.4. The van der Waals surface area contributed by atoms with Gasteiger partial charge in [0, 0.05) is 126 Å². The average Bonchev–Trinajstić information content (AvgIpc) is 3.81. The van der Waals surface area contributed by atoms with E-state index in [2.05, 4.69) is 75.4 Å². The van der Waals surface area contributed by atoms with Crippen LogP contribution in [0.1, 0.15) is 98.2 Å². The number of nitriles is 1. The van der Waals surface area contributed by atoms with Crippen molar-refractivity contribution in [2.45, 2.75) is 102 Å². The summed E-state index contributed by atoms with van der Waals surface area (Å²) in [7, 11) is 0. The Bertz CT molecular complexity index is 2490. The molecule has 5 aromatic rings. The number of aromatic nitrogens is 6. The number of nitrogens with one attached hydrogen (secondary N) is 2. The van der Waals surface area contributed by atoms with E-state index in [-0.39, 0.29) is 30.7 Å². The van der Waals surface area contributed by atoms with Gasteiger partial charge in [0.25, 0.3) is 5.91 Å². The van der Waals surface area contributed by atoms with E-state index in [1.54, 1.807) is 30.6 Å². The Balaban J connectivity index is 0.650. The SMILES string of the molecule is CCc1cnn2c(NCc3ccc(OCCN4CCN(CC5CCN(c6ncc(C(=O)NC7CCC(Oc8ccc(C#N)c(Cl)c8)CC7)cn6)CC5)CC4)nc3)cc(N3CCCC[C@H]3CCO)nc12. The molecule has 1 aliphatic carbocycles. The van der Waals surface area contributed by atoms with Gasteiger partial charge in [-0.2, -0.15) is 14.9 Å². The molecule has 69 heavy (non-hydrogen) atoms. The molecule has 0 radical (unpaired) electrons. The minimum Gasteiger partial charge on any atom is -0.490 e. The molecule has 0 spiro atoms. The highest BCUT2D eigenvalue weighted by atomic mass is 35.5. The maximum Gasteiger partial charge on any atom is 0.254 e. The van der Waals surface area contributed by atoms with Gasteiger partial charge in [0.15, 0.2) is 5.65 Å². The van der Waals surface area contributed by atoms with Crippen molar-refractivity contribution in [3.63, 3.8) is 0 Å². The lowest BCUT2D eigenvalue weighted by atomic mass is 9.92. The Labute approximate surface area is 410 Å². The first-order valence-corrected chi connectivity index (χ1v) is 25.5. The number of anilines is 3. The molecule has 1 saturated carbocycles. The summed E-state index contributed by atoms with van der Waals surface area (Å²) in [6, 6.07) is 13.7. The fourth-order valence-electron chi connectivity index (χ4n) is 10.3. The number of carbonyl (C=O) groups excluding carboxylic acids is 1. The Morgan fingerprint density at radius 2 is 1.70 bits per heavy atom. The first-order chi connectivity index (χ1) is 33.8. The summed E-state index contributed by atoms with van der Waals surface area (Å²) in [6.45, 7) is 12.4. The molecule has 4 aromatic heterocycles. The molecular weight excluding hydrogens is 894 g/mol. The Kier molecular flexibility index (Phi) is 16.2. The quantitative estimate of drug-likeness (QED) is 0.0877. The van der Waals surface area contributed by atoms with Crippen LogP contribution in [0.5, 0.6) is 11.6 Å². The zero-order valence-corrected chi connectivity index (χ0v) is 40.6. The molecule has 1 aromatic carbocycles. The topological polar surface area (TPSA) is 185 Å². The standard InChI is InChI=1S/C51H66ClN13O4/c1-2-38-34-58-65-46(28-47(60-49(38)65)64-17-4-3-5-42(64)16-25-66)54-30-37-6-13-48(55-31-37)68-26-24-61-20-22-62(23-21-61)35-36-14-18-63(19-15-36)51-56-32-40(33-57-51)50(67)59-41-8-11-43(12-9-41)69-44-10-7-39(29-53)45(52)27-44/h6-7,10,13,27-28,31-34,36,41-43,54,66H,2-5,8-9,11-12,14-26,30,35H2,1H3,(H,59,67)/t41?,42-,43?/m0/s1. The number of aliphatic hydroxyl groups is 1. The number of nitrogens with zero attached hydrogens (tertiary/aromatic N) is 11. The minimum absolute atomic E-state index is 0.0399. The number of piperazine rings is 1. The van der Waals surface area contributed by atoms with E-state index in [1.165, 1.54) is 6.42 Å². The van der Waals surface area contributed by atoms with E-state index in [1.807, 2.05) is 23.0 Å². The number of carbonyl (C=O) groups is 1. The number of pyridine rings is 1. The van der Waals surface area contributed by atoms with Crippen LogP contribution in [0.15, 0.2) is 61.2 Å². The van der Waals surface area contributed by atoms with Crippen LogP contribution in [0.2, 0.25) is 5.02 Å². The number of halogens is 1. The first-order valence-electron chi connectivity index (χ1n) is 25.1. The van der Waals surface area contributed by atoms with Gasteiger partial charge in [-0.3, -0.25) is 9.69 Å². The third kappa shape index (κ3) is 12.3. The van der Waals surface area contributed by atoms with Gasteiger partial charge in [0.05, 0.1) is 28.5 Å². The molecule has 9 rings (SSSR count). The number of piperidine rings is 2. The van der Waals surface area contributed by atoms with Crippen LogP contribution in [0.25, 0.3) is 5.65 Å². The number of rotatable bonds is 18. The molecule has 1 atom stereocenters. The number of aliphatic hydroxyl groups excluding tert-OH is 1. The average molecular weight is 961 g/mol. The van der Waals surface area contributed by atoms with Gasteiger partial charge in [0.1, 0.15) is 30.1 Å². The van der Waals surface area contributed by atoms with Crippen molar-refractivity contribution in [2.75, 3.05) is 87.2 Å². The summed E-state index contributed by atoms with van der Waals surface area (Å²) >= 11 is 6.17. The summed E-state index contributed by atoms with van der Waals surface area (Å²) < 4.78 is 14.1. The van der Waals surface area contributed by atoms with E-state index >= 15 is 0 Å². The molecule has 18 heteroatoms. The highest BCUT2D eigenvalue weighted by molar-refractivity contribution is 6.31. The third-order valence-corrected chi connectivity index (χ3v) is 14.7. The summed E-state index contributed by atoms with van der Waals surface area (Å²) in [6.07, 6.45) is 17.5. The Morgan fingerprint density at radius 1 is 0.899 bits per heavy atom. The number of fused-ring (bicyclic) bond motifs is 1. The number of benzene rings is 1. The molecule has 4 aliphatic rings. The minimum atomic E-state index is -0.149. The van der Waals surface area contributed by atoms with Crippen LogP contribution in [-0.4, -0.2) is 141 Å². The molecule has 3 aliphatic heterocycles. The highest BCUT2D eigenvalue weighted by Gasteiger charge is 2.28. The van der Waals surface area contributed by atoms with E-state index < -0.39 is 0 Å². The van der Waals surface area contributed by atoms with Crippen molar-refractivity contribution in [1.82, 2.24) is 44.7 Å². The van der Waals surface area contributed by atoms with Crippen LogP contribution < -0.4 is 29.9 Å². The number of hydrogen-bond donors (Lipinski definition) is 3. The second-order valence-electron chi connectivity index (χ2n) is 19.0. The Morgan fingerprint density at radius 3 is 2.42 bits per heavy atom. The number of hydrogen-bond acceptors (Lipinski definition) is 15. The van der Waals surface area contributed by atoms with Crippen LogP contribution in [0.4, 0.5) is 17.6 Å². The monoisotopic (exact) mass is 960 g/mol. The van der Waals surface area contributed by atoms with E-state index in [9.17, 15) is 9.90 Å². The zero-order chi connectivity index (χ0) is 47.5. The van der Waals surface area contributed by atoms with Gasteiger partial charge in [-0.25, -0.2) is 19.9 Å². The largest absolute Gasteiger partial charge is 0.490 e. The van der Waals surface area contributed by atoms with Gasteiger partial charge in [-0.05, 0) is 94.2 Å². The van der Waals surface area contributed by atoms with E-state index in [0.29, 0.717) is 52.8 Å². The molecule has 366 valence electrons. The normalized spacial score (nSPS) is 20.7. The molecular formula is C51H66ClN13O4. The van der Waals surface area contributed by atoms with Crippen LogP contribution in [-0.2, 0) is 13.0 Å². The van der Waals surface area contributed by atoms with Crippen molar-refractivity contribution in [1.29, 1.82) is 5.26 Å². The second kappa shape index (κ2) is 23.2. The van der Waals surface area contributed by atoms with Gasteiger partial charge >= 0.3 is 0 Å². The predicted octanol–water partition coefficient (Wildman–Crippen LogP) is 6.39. The van der Waals surface area contributed by atoms with Crippen LogP contribution in [0, 0.1) is 17.2 Å². The maximum atomic E-state index is 13.1. The fourth-order valence-corrected chi connectivity index (χ4v) is 10.5. The first kappa shape index (κ1) is 48.2. The lowest BCUT2D eigenvalue weighted by Crippen LogP contribution is -2.49. The highest BCUT2D eigenvalue weighted by Crippen LogP contribution is 2.31. The van der Waals surface area contributed by atoms with Gasteiger partial charge in [-0.1, -0.05) is 24.6 Å². The summed E-state index contributed by atoms with van der Waals surface area (Å²) in [5.41, 5.74) is 3.94. The summed E-state index contributed by atoms with van der Waals surface area (Å²) in [4.78, 5) is 41.7. The summed E-state index contributed by atoms with van der Waals surface area (Å²) in [5, 5.41) is 30.7. The van der Waals surface area contributed by atoms with Crippen LogP contribution >= 0.6 is 11.6 Å². The molecule has 17 nitrogen and oxygen atoms in total. The smallest absolute Gasteiger partial charge is 0.254 e. The van der Waals surface area contributed by atoms with Crippen LogP contribution in [0.3, 0.4) is 0 Å². The van der Waals surface area contributed by atoms with Crippen molar-refractivity contribution in [3.8, 4) is 17.7 Å². The molecule has 3 saturated heterocycles. The van der Waals surface area contributed by atoms with E-state index in [4.69, 9.17) is 31.3 Å².